The molecule has 1 atom stereocenters. The van der Waals surface area contributed by atoms with Crippen molar-refractivity contribution >= 4 is 45.2 Å². The summed E-state index contributed by atoms with van der Waals surface area (Å²) in [4.78, 5) is 0. The maximum Gasteiger partial charge on any atom is 0.129 e. The molecule has 0 aromatic carbocycles. The zero-order chi connectivity index (χ0) is 24.5. The molecule has 1 unspecified atom stereocenters. The highest BCUT2D eigenvalue weighted by Gasteiger charge is 2.24. The van der Waals surface area contributed by atoms with Gasteiger partial charge in [0.15, 0.2) is 0 Å². The van der Waals surface area contributed by atoms with Crippen molar-refractivity contribution in [3.8, 4) is 0 Å². The number of nitrogens with zero attached hydrogens (tertiary/aromatic N) is 8. The minimum absolute atomic E-state index is 0.305. The first-order valence-corrected chi connectivity index (χ1v) is 13.3. The molecule has 0 aliphatic carbocycles. The van der Waals surface area contributed by atoms with Crippen molar-refractivity contribution in [2.75, 3.05) is 26.4 Å². The van der Waals surface area contributed by atoms with Gasteiger partial charge in [-0.05, 0) is 50.7 Å². The van der Waals surface area contributed by atoms with Crippen LogP contribution in [-0.2, 0) is 30.0 Å². The predicted molar refractivity (Wildman–Crippen MR) is 143 cm³/mol. The first-order chi connectivity index (χ1) is 16.9. The van der Waals surface area contributed by atoms with Crippen molar-refractivity contribution in [2.24, 2.45) is 14.1 Å². The largest absolute Gasteiger partial charge is 0.383 e. The van der Waals surface area contributed by atoms with E-state index >= 15 is 0 Å². The lowest BCUT2D eigenvalue weighted by Crippen LogP contribution is -2.30. The van der Waals surface area contributed by atoms with E-state index in [1.165, 1.54) is 11.1 Å². The van der Waals surface area contributed by atoms with Crippen LogP contribution in [0.2, 0.25) is 0 Å². The van der Waals surface area contributed by atoms with Gasteiger partial charge in [0, 0.05) is 62.0 Å². The van der Waals surface area contributed by atoms with Crippen LogP contribution in [0.1, 0.15) is 40.4 Å². The third kappa shape index (κ3) is 5.63. The number of aryl methyl sites for hydroxylation is 2. The Morgan fingerprint density at radius 2 is 1.49 bits per heavy atom. The fraction of sp³-hybridized carbons (Fsp3) is 0.455. The Kier molecular flexibility index (Phi) is 7.57. The van der Waals surface area contributed by atoms with Gasteiger partial charge in [-0.3, -0.25) is 18.7 Å². The Bertz CT molecular complexity index is 1290. The molecule has 2 saturated heterocycles. The van der Waals surface area contributed by atoms with Gasteiger partial charge in [-0.25, -0.2) is 0 Å². The second-order valence-corrected chi connectivity index (χ2v) is 10.8. The van der Waals surface area contributed by atoms with Crippen molar-refractivity contribution in [1.82, 2.24) is 39.1 Å². The summed E-state index contributed by atoms with van der Waals surface area (Å²) in [5, 5.41) is 27.5. The Morgan fingerprint density at radius 1 is 0.886 bits per heavy atom. The molecule has 6 rings (SSSR count). The lowest BCUT2D eigenvalue weighted by Gasteiger charge is -2.25. The van der Waals surface area contributed by atoms with Gasteiger partial charge in [0.05, 0.1) is 50.9 Å². The lowest BCUT2D eigenvalue weighted by atomic mass is 10.1. The molecule has 186 valence electrons. The molecule has 2 fully saturated rings. The molecule has 4 aromatic rings. The number of aliphatic hydroxyl groups excluding tert-OH is 1. The van der Waals surface area contributed by atoms with Gasteiger partial charge < -0.3 is 14.6 Å². The third-order valence-electron chi connectivity index (χ3n) is 5.93. The number of hydrogen-bond donors (Lipinski definition) is 1. The Balaban J connectivity index is 0.000000145. The van der Waals surface area contributed by atoms with Crippen molar-refractivity contribution in [2.45, 2.75) is 24.6 Å². The van der Waals surface area contributed by atoms with Gasteiger partial charge >= 0.3 is 0 Å². The highest BCUT2D eigenvalue weighted by Crippen LogP contribution is 2.26. The number of hydrogen-bond acceptors (Lipinski definition) is 7. The Hall–Kier alpha value is -1.82. The summed E-state index contributed by atoms with van der Waals surface area (Å²) in [7, 11) is 3.79. The zero-order valence-corrected chi connectivity index (χ0v) is 23.6. The first-order valence-electron chi connectivity index (χ1n) is 11.1. The van der Waals surface area contributed by atoms with E-state index in [1.54, 1.807) is 10.9 Å². The minimum atomic E-state index is -0.680. The van der Waals surface area contributed by atoms with Crippen LogP contribution in [0.3, 0.4) is 0 Å². The molecule has 0 amide bonds. The number of ether oxygens (including phenoxy) is 2. The van der Waals surface area contributed by atoms with Crippen LogP contribution in [0.15, 0.2) is 37.2 Å². The van der Waals surface area contributed by atoms with E-state index < -0.39 is 6.10 Å². The molecule has 1 N–H and O–H groups in total. The normalized spacial score (nSPS) is 16.9. The molecule has 4 aromatic heterocycles. The van der Waals surface area contributed by atoms with Crippen LogP contribution in [0.5, 0.6) is 0 Å². The van der Waals surface area contributed by atoms with Crippen LogP contribution < -0.4 is 0 Å². The second-order valence-electron chi connectivity index (χ2n) is 8.71. The molecular weight excluding hydrogens is 678 g/mol. The van der Waals surface area contributed by atoms with Crippen LogP contribution in [0, 0.1) is 7.40 Å². The van der Waals surface area contributed by atoms with Crippen molar-refractivity contribution in [1.29, 1.82) is 0 Å². The topological polar surface area (TPSA) is 110 Å². The molecule has 11 nitrogen and oxygen atoms in total. The molecule has 2 aliphatic rings. The molecular formula is C22H26I2N8O3. The maximum absolute atomic E-state index is 10.3. The zero-order valence-electron chi connectivity index (χ0n) is 19.3. The average molecular weight is 704 g/mol. The van der Waals surface area contributed by atoms with E-state index in [4.69, 9.17) is 9.47 Å². The molecule has 0 spiro atoms. The summed E-state index contributed by atoms with van der Waals surface area (Å²) in [5.41, 5.74) is 4.07. The SMILES string of the molecule is Cn1cc(C(O)c2cnn(C3COC3)c2)c(I)n1.Cn1cc(Cc2cnn(C3COC3)c2)c(I)n1. The summed E-state index contributed by atoms with van der Waals surface area (Å²) >= 11 is 4.39. The molecule has 0 saturated carbocycles. The van der Waals surface area contributed by atoms with Crippen molar-refractivity contribution in [3.63, 3.8) is 0 Å². The quantitative estimate of drug-likeness (QED) is 0.307. The van der Waals surface area contributed by atoms with E-state index in [9.17, 15) is 5.11 Å². The lowest BCUT2D eigenvalue weighted by molar-refractivity contribution is -0.0287. The van der Waals surface area contributed by atoms with E-state index in [-0.39, 0.29) is 0 Å². The maximum atomic E-state index is 10.3. The number of aliphatic hydroxyl groups is 1. The summed E-state index contributed by atoms with van der Waals surface area (Å²) in [5.74, 6) is 0. The Labute approximate surface area is 229 Å². The standard InChI is InChI=1S/C11H13IN4O2.C11H13IN4O/c1-15-4-9(11(12)14-15)10(17)7-2-13-16(3-7)8-5-18-6-8;1-15-5-9(11(12)14-15)2-8-3-13-16(4-8)10-6-17-7-10/h2-4,8,10,17H,5-6H2,1H3;3-5,10H,2,6-7H2,1H3. The molecule has 35 heavy (non-hydrogen) atoms. The number of halogens is 2. The van der Waals surface area contributed by atoms with Gasteiger partial charge in [0.2, 0.25) is 0 Å². The molecule has 13 heteroatoms. The smallest absolute Gasteiger partial charge is 0.129 e. The summed E-state index contributed by atoms with van der Waals surface area (Å²) in [6.07, 6.45) is 11.7. The summed E-state index contributed by atoms with van der Waals surface area (Å²) < 4.78 is 19.6. The summed E-state index contributed by atoms with van der Waals surface area (Å²) in [6, 6.07) is 0.732. The fourth-order valence-corrected chi connectivity index (χ4v) is 5.25. The predicted octanol–water partition coefficient (Wildman–Crippen LogP) is 2.26. The van der Waals surface area contributed by atoms with Crippen molar-refractivity contribution < 1.29 is 14.6 Å². The van der Waals surface area contributed by atoms with Crippen LogP contribution >= 0.6 is 45.2 Å². The average Bonchev–Trinajstić information content (AvgIpc) is 3.50. The monoisotopic (exact) mass is 704 g/mol. The molecule has 0 radical (unpaired) electrons. The molecule has 2 aliphatic heterocycles. The van der Waals surface area contributed by atoms with Crippen LogP contribution in [-0.4, -0.2) is 70.7 Å². The van der Waals surface area contributed by atoms with Gasteiger partial charge in [0.25, 0.3) is 0 Å². The van der Waals surface area contributed by atoms with Crippen molar-refractivity contribution in [3.05, 3.63) is 66.8 Å². The van der Waals surface area contributed by atoms with Gasteiger partial charge in [-0.1, -0.05) is 0 Å². The summed E-state index contributed by atoms with van der Waals surface area (Å²) in [6.45, 7) is 2.96. The van der Waals surface area contributed by atoms with E-state index in [1.807, 2.05) is 46.7 Å². The fourth-order valence-electron chi connectivity index (χ4n) is 3.81. The van der Waals surface area contributed by atoms with Gasteiger partial charge in [0.1, 0.15) is 13.5 Å². The third-order valence-corrected chi connectivity index (χ3v) is 7.68. The minimum Gasteiger partial charge on any atom is -0.383 e. The van der Waals surface area contributed by atoms with Gasteiger partial charge in [-0.2, -0.15) is 20.4 Å². The van der Waals surface area contributed by atoms with Crippen LogP contribution in [0.25, 0.3) is 0 Å². The Morgan fingerprint density at radius 3 is 2.03 bits per heavy atom. The highest BCUT2D eigenvalue weighted by atomic mass is 127. The van der Waals surface area contributed by atoms with Crippen LogP contribution in [0.4, 0.5) is 0 Å². The van der Waals surface area contributed by atoms with Gasteiger partial charge in [-0.15, -0.1) is 0 Å². The van der Waals surface area contributed by atoms with E-state index in [0.717, 1.165) is 38.2 Å². The first kappa shape index (κ1) is 24.9. The number of aromatic nitrogens is 8. The molecule has 6 heterocycles. The second kappa shape index (κ2) is 10.7. The highest BCUT2D eigenvalue weighted by molar-refractivity contribution is 14.1. The molecule has 0 bridgehead atoms. The van der Waals surface area contributed by atoms with E-state index in [0.29, 0.717) is 25.3 Å². The van der Waals surface area contributed by atoms with E-state index in [2.05, 4.69) is 78.0 Å². The number of rotatable bonds is 6.